The Morgan fingerprint density at radius 3 is 2.35 bits per heavy atom. The van der Waals surface area contributed by atoms with Crippen molar-refractivity contribution < 1.29 is 32.3 Å². The molecule has 0 aliphatic rings. The second-order valence-electron chi connectivity index (χ2n) is 6.64. The molecule has 3 aromatic carbocycles. The molecular weight excluding hydrogens is 475 g/mol. The molecule has 0 aromatic heterocycles. The molecule has 11 heteroatoms. The smallest absolute Gasteiger partial charge is 0.416 e. The summed E-state index contributed by atoms with van der Waals surface area (Å²) in [6.45, 7) is 0. The van der Waals surface area contributed by atoms with Gasteiger partial charge in [0.25, 0.3) is 0 Å². The number of carbonyl (C=O) groups is 3. The van der Waals surface area contributed by atoms with Crippen molar-refractivity contribution in [1.82, 2.24) is 5.43 Å². The van der Waals surface area contributed by atoms with Crippen molar-refractivity contribution in [2.24, 2.45) is 5.10 Å². The van der Waals surface area contributed by atoms with Gasteiger partial charge in [0.15, 0.2) is 0 Å². The molecule has 0 saturated heterocycles. The minimum Gasteiger partial charge on any atom is -0.422 e. The number of esters is 1. The Morgan fingerprint density at radius 1 is 0.912 bits per heavy atom. The number of hydrogen-bond acceptors (Lipinski definition) is 5. The molecule has 0 aliphatic carbocycles. The van der Waals surface area contributed by atoms with Gasteiger partial charge in [0, 0.05) is 11.3 Å². The lowest BCUT2D eigenvalue weighted by Gasteiger charge is -2.09. The third-order valence-corrected chi connectivity index (χ3v) is 4.57. The second-order valence-corrected chi connectivity index (χ2v) is 7.05. The van der Waals surface area contributed by atoms with Gasteiger partial charge in [-0.15, -0.1) is 0 Å². The highest BCUT2D eigenvalue weighted by Gasteiger charge is 2.30. The van der Waals surface area contributed by atoms with E-state index in [0.29, 0.717) is 11.6 Å². The minimum absolute atomic E-state index is 0.110. The maximum Gasteiger partial charge on any atom is 0.416 e. The maximum absolute atomic E-state index is 12.8. The number of hydrogen-bond donors (Lipinski definition) is 2. The number of carbonyl (C=O) groups excluding carboxylic acids is 3. The van der Waals surface area contributed by atoms with Gasteiger partial charge in [-0.25, -0.2) is 10.2 Å². The quantitative estimate of drug-likeness (QED) is 0.179. The Hall–Kier alpha value is -4.18. The van der Waals surface area contributed by atoms with Crippen LogP contribution in [0, 0.1) is 0 Å². The largest absolute Gasteiger partial charge is 0.422 e. The van der Waals surface area contributed by atoms with E-state index in [2.05, 4.69) is 10.4 Å². The molecule has 2 N–H and O–H groups in total. The Labute approximate surface area is 196 Å². The fourth-order valence-electron chi connectivity index (χ4n) is 2.63. The molecule has 0 bridgehead atoms. The summed E-state index contributed by atoms with van der Waals surface area (Å²) in [6.07, 6.45) is -3.47. The highest BCUT2D eigenvalue weighted by Crippen LogP contribution is 2.30. The van der Waals surface area contributed by atoms with Crippen molar-refractivity contribution in [2.45, 2.75) is 6.18 Å². The number of ether oxygens (including phenoxy) is 1. The van der Waals surface area contributed by atoms with Gasteiger partial charge in [-0.1, -0.05) is 41.9 Å². The lowest BCUT2D eigenvalue weighted by Crippen LogP contribution is -2.32. The third kappa shape index (κ3) is 6.42. The first-order chi connectivity index (χ1) is 16.1. The zero-order valence-electron chi connectivity index (χ0n) is 17.1. The summed E-state index contributed by atoms with van der Waals surface area (Å²) in [6, 6.07) is 16.4. The average molecular weight is 490 g/mol. The predicted octanol–water partition coefficient (Wildman–Crippen LogP) is 4.67. The van der Waals surface area contributed by atoms with Crippen LogP contribution >= 0.6 is 11.6 Å². The number of alkyl halides is 3. The van der Waals surface area contributed by atoms with Gasteiger partial charge in [0.05, 0.1) is 22.4 Å². The molecule has 0 radical (unpaired) electrons. The summed E-state index contributed by atoms with van der Waals surface area (Å²) < 4.78 is 43.6. The summed E-state index contributed by atoms with van der Waals surface area (Å²) in [4.78, 5) is 36.3. The Kier molecular flexibility index (Phi) is 7.64. The zero-order valence-corrected chi connectivity index (χ0v) is 17.9. The molecule has 2 amide bonds. The molecule has 0 unspecified atom stereocenters. The fraction of sp³-hybridized carbons (Fsp3) is 0.0435. The summed E-state index contributed by atoms with van der Waals surface area (Å²) in [7, 11) is 0. The number of halogens is 4. The molecule has 0 aliphatic heterocycles. The fourth-order valence-corrected chi connectivity index (χ4v) is 2.85. The van der Waals surface area contributed by atoms with Gasteiger partial charge in [-0.3, -0.25) is 9.59 Å². The van der Waals surface area contributed by atoms with Crippen molar-refractivity contribution in [3.05, 3.63) is 94.5 Å². The molecule has 3 rings (SSSR count). The molecule has 174 valence electrons. The van der Waals surface area contributed by atoms with Crippen molar-refractivity contribution in [3.8, 4) is 5.75 Å². The van der Waals surface area contributed by atoms with Crippen LogP contribution in [0.15, 0.2) is 77.9 Å². The van der Waals surface area contributed by atoms with E-state index in [-0.39, 0.29) is 22.0 Å². The number of anilines is 1. The first kappa shape index (κ1) is 24.5. The highest BCUT2D eigenvalue weighted by molar-refractivity contribution is 6.39. The summed E-state index contributed by atoms with van der Waals surface area (Å²) >= 11 is 5.99. The monoisotopic (exact) mass is 489 g/mol. The van der Waals surface area contributed by atoms with E-state index < -0.39 is 29.5 Å². The lowest BCUT2D eigenvalue weighted by atomic mass is 10.2. The molecule has 0 atom stereocenters. The van der Waals surface area contributed by atoms with E-state index >= 15 is 0 Å². The van der Waals surface area contributed by atoms with Crippen molar-refractivity contribution >= 4 is 41.3 Å². The predicted molar refractivity (Wildman–Crippen MR) is 119 cm³/mol. The summed E-state index contributed by atoms with van der Waals surface area (Å²) in [5.74, 6) is -3.05. The molecule has 0 spiro atoms. The van der Waals surface area contributed by atoms with Crippen molar-refractivity contribution in [2.75, 3.05) is 5.32 Å². The Morgan fingerprint density at radius 2 is 1.62 bits per heavy atom. The van der Waals surface area contributed by atoms with Crippen molar-refractivity contribution in [3.63, 3.8) is 0 Å². The Balaban J connectivity index is 1.63. The zero-order chi connectivity index (χ0) is 24.7. The molecule has 7 nitrogen and oxygen atoms in total. The second kappa shape index (κ2) is 10.6. The number of benzene rings is 3. The van der Waals surface area contributed by atoms with Gasteiger partial charge in [0.1, 0.15) is 5.75 Å². The van der Waals surface area contributed by atoms with Gasteiger partial charge in [-0.05, 0) is 42.5 Å². The van der Waals surface area contributed by atoms with Crippen LogP contribution in [0.2, 0.25) is 5.02 Å². The molecular formula is C23H15ClF3N3O4. The third-order valence-electron chi connectivity index (χ3n) is 4.24. The maximum atomic E-state index is 12.8. The number of amides is 2. The van der Waals surface area contributed by atoms with Crippen LogP contribution in [0.3, 0.4) is 0 Å². The van der Waals surface area contributed by atoms with Gasteiger partial charge in [-0.2, -0.15) is 18.3 Å². The lowest BCUT2D eigenvalue weighted by molar-refractivity contribution is -0.137. The van der Waals surface area contributed by atoms with E-state index in [4.69, 9.17) is 16.3 Å². The van der Waals surface area contributed by atoms with Crippen LogP contribution in [0.4, 0.5) is 18.9 Å². The van der Waals surface area contributed by atoms with Gasteiger partial charge in [0.2, 0.25) is 0 Å². The van der Waals surface area contributed by atoms with Crippen LogP contribution in [-0.4, -0.2) is 24.0 Å². The van der Waals surface area contributed by atoms with E-state index in [9.17, 15) is 27.6 Å². The first-order valence-corrected chi connectivity index (χ1v) is 9.90. The molecule has 0 fully saturated rings. The van der Waals surface area contributed by atoms with E-state index in [1.54, 1.807) is 24.3 Å². The number of para-hydroxylation sites is 1. The summed E-state index contributed by atoms with van der Waals surface area (Å²) in [5, 5.41) is 5.90. The van der Waals surface area contributed by atoms with Gasteiger partial charge < -0.3 is 10.1 Å². The van der Waals surface area contributed by atoms with Crippen LogP contribution < -0.4 is 15.5 Å². The van der Waals surface area contributed by atoms with Crippen LogP contribution in [0.25, 0.3) is 0 Å². The van der Waals surface area contributed by atoms with E-state index in [0.717, 1.165) is 18.3 Å². The van der Waals surface area contributed by atoms with E-state index in [1.165, 1.54) is 30.3 Å². The van der Waals surface area contributed by atoms with Crippen LogP contribution in [0.1, 0.15) is 21.5 Å². The average Bonchev–Trinajstić information content (AvgIpc) is 2.80. The van der Waals surface area contributed by atoms with Gasteiger partial charge >= 0.3 is 24.0 Å². The minimum atomic E-state index is -4.60. The highest BCUT2D eigenvalue weighted by atomic mass is 35.5. The number of rotatable bonds is 5. The Bertz CT molecular complexity index is 1260. The molecule has 0 heterocycles. The van der Waals surface area contributed by atoms with E-state index in [1.807, 2.05) is 5.43 Å². The number of nitrogens with one attached hydrogen (secondary N) is 2. The summed E-state index contributed by atoms with van der Waals surface area (Å²) in [5.41, 5.74) is 1.20. The first-order valence-electron chi connectivity index (χ1n) is 9.52. The van der Waals surface area contributed by atoms with Crippen LogP contribution in [-0.2, 0) is 15.8 Å². The number of nitrogens with zero attached hydrogens (tertiary/aromatic N) is 1. The normalized spacial score (nSPS) is 11.2. The molecule has 34 heavy (non-hydrogen) atoms. The standard InChI is InChI=1S/C23H15ClF3N3O4/c24-18-10-3-2-9-17(18)22(33)34-19-11-4-1-6-14(19)13-28-30-21(32)20(31)29-16-8-5-7-15(12-16)23(25,26)27/h1-13H,(H,29,31)(H,30,32)/b28-13+. The van der Waals surface area contributed by atoms with Crippen molar-refractivity contribution in [1.29, 1.82) is 0 Å². The number of hydrazone groups is 1. The molecule has 3 aromatic rings. The SMILES string of the molecule is O=C(N/N=C/c1ccccc1OC(=O)c1ccccc1Cl)C(=O)Nc1cccc(C(F)(F)F)c1. The topological polar surface area (TPSA) is 96.9 Å². The van der Waals surface area contributed by atoms with Crippen LogP contribution in [0.5, 0.6) is 5.75 Å². The molecule has 0 saturated carbocycles.